The molecule has 0 aliphatic rings. The highest BCUT2D eigenvalue weighted by atomic mass is 16.2. The lowest BCUT2D eigenvalue weighted by atomic mass is 10.6. The molecule has 0 aliphatic heterocycles. The molecule has 0 bridgehead atoms. The Bertz CT molecular complexity index is 211. The summed E-state index contributed by atoms with van der Waals surface area (Å²) < 4.78 is 0. The van der Waals surface area contributed by atoms with Crippen LogP contribution in [-0.4, -0.2) is 23.7 Å². The molecule has 74 valence electrons. The standard InChI is InChI=1S/C2H7N5.C2H4N2O2/c3-1(4)7-2(5)6;3-1(5)2(4)6/h(H7,3,4,5,6,7);(H2,3,5)(H2,4,6). The first-order valence-electron chi connectivity index (χ1n) is 2.81. The van der Waals surface area contributed by atoms with Crippen molar-refractivity contribution in [3.05, 3.63) is 0 Å². The van der Waals surface area contributed by atoms with Crippen LogP contribution in [0.4, 0.5) is 0 Å². The summed E-state index contributed by atoms with van der Waals surface area (Å²) in [6.45, 7) is 0. The largest absolute Gasteiger partial charge is 0.370 e. The van der Waals surface area contributed by atoms with Crippen LogP contribution in [0.1, 0.15) is 0 Å². The summed E-state index contributed by atoms with van der Waals surface area (Å²) >= 11 is 0. The van der Waals surface area contributed by atoms with Gasteiger partial charge in [-0.15, -0.1) is 0 Å². The summed E-state index contributed by atoms with van der Waals surface area (Å²) in [5.74, 6) is -2.83. The molecule has 0 atom stereocenters. The van der Waals surface area contributed by atoms with Gasteiger partial charge in [0.05, 0.1) is 0 Å². The van der Waals surface area contributed by atoms with E-state index in [1.165, 1.54) is 0 Å². The van der Waals surface area contributed by atoms with Gasteiger partial charge in [0.25, 0.3) is 0 Å². The number of rotatable bonds is 0. The number of nitrogens with one attached hydrogen (secondary N) is 3. The number of hydrogen-bond acceptors (Lipinski definition) is 4. The van der Waals surface area contributed by atoms with Crippen molar-refractivity contribution in [1.82, 2.24) is 5.32 Å². The first-order chi connectivity index (χ1) is 5.77. The highest BCUT2D eigenvalue weighted by Gasteiger charge is 1.96. The molecule has 0 heterocycles. The second-order valence-electron chi connectivity index (χ2n) is 1.68. The summed E-state index contributed by atoms with van der Waals surface area (Å²) in [4.78, 5) is 18.9. The monoisotopic (exact) mass is 189 g/mol. The average Bonchev–Trinajstić information content (AvgIpc) is 1.84. The van der Waals surface area contributed by atoms with Crippen molar-refractivity contribution in [2.75, 3.05) is 0 Å². The van der Waals surface area contributed by atoms with E-state index in [4.69, 9.17) is 22.3 Å². The fraction of sp³-hybridized carbons (Fsp3) is 0. The quantitative estimate of drug-likeness (QED) is 0.117. The topological polar surface area (TPSA) is 198 Å². The van der Waals surface area contributed by atoms with Crippen molar-refractivity contribution in [2.45, 2.75) is 0 Å². The van der Waals surface area contributed by atoms with Gasteiger partial charge in [0, 0.05) is 0 Å². The number of amides is 2. The summed E-state index contributed by atoms with van der Waals surface area (Å²) in [5, 5.41) is 15.0. The molecule has 9 heteroatoms. The van der Waals surface area contributed by atoms with E-state index < -0.39 is 11.8 Å². The molecule has 0 unspecified atom stereocenters. The van der Waals surface area contributed by atoms with Crippen LogP contribution in [0.3, 0.4) is 0 Å². The molecule has 2 amide bonds. The molecule has 0 aromatic carbocycles. The average molecular weight is 189 g/mol. The molecule has 0 radical (unpaired) electrons. The molecule has 0 saturated carbocycles. The van der Waals surface area contributed by atoms with E-state index in [1.807, 2.05) is 5.32 Å². The Balaban J connectivity index is 0. The predicted octanol–water partition coefficient (Wildman–Crippen LogP) is -3.68. The number of guanidine groups is 2. The zero-order valence-corrected chi connectivity index (χ0v) is 6.63. The van der Waals surface area contributed by atoms with Crippen LogP contribution in [0.2, 0.25) is 0 Å². The van der Waals surface area contributed by atoms with Gasteiger partial charge in [-0.05, 0) is 0 Å². The van der Waals surface area contributed by atoms with Gasteiger partial charge in [0.15, 0.2) is 11.9 Å². The smallest absolute Gasteiger partial charge is 0.306 e. The first-order valence-corrected chi connectivity index (χ1v) is 2.81. The molecule has 0 spiro atoms. The highest BCUT2D eigenvalue weighted by molar-refractivity contribution is 6.33. The van der Waals surface area contributed by atoms with Crippen LogP contribution >= 0.6 is 0 Å². The zero-order chi connectivity index (χ0) is 11.0. The summed E-state index contributed by atoms with van der Waals surface area (Å²) in [6, 6.07) is 0. The van der Waals surface area contributed by atoms with E-state index in [0.29, 0.717) is 0 Å². The van der Waals surface area contributed by atoms with Crippen LogP contribution in [0.15, 0.2) is 0 Å². The fourth-order valence-electron chi connectivity index (χ4n) is 0.145. The maximum atomic E-state index is 9.45. The van der Waals surface area contributed by atoms with E-state index in [1.54, 1.807) is 0 Å². The van der Waals surface area contributed by atoms with Gasteiger partial charge in [0.2, 0.25) is 0 Å². The Morgan fingerprint density at radius 2 is 1.08 bits per heavy atom. The molecule has 0 fully saturated rings. The van der Waals surface area contributed by atoms with Gasteiger partial charge in [-0.2, -0.15) is 0 Å². The van der Waals surface area contributed by atoms with Crippen molar-refractivity contribution < 1.29 is 9.59 Å². The van der Waals surface area contributed by atoms with Crippen molar-refractivity contribution in [1.29, 1.82) is 10.8 Å². The summed E-state index contributed by atoms with van der Waals surface area (Å²) in [5.41, 5.74) is 18.1. The van der Waals surface area contributed by atoms with Crippen molar-refractivity contribution in [3.8, 4) is 0 Å². The molecule has 0 aromatic rings. The zero-order valence-electron chi connectivity index (χ0n) is 6.63. The Morgan fingerprint density at radius 3 is 1.08 bits per heavy atom. The van der Waals surface area contributed by atoms with Crippen LogP contribution in [0, 0.1) is 10.8 Å². The third kappa shape index (κ3) is 17.7. The lowest BCUT2D eigenvalue weighted by Crippen LogP contribution is -2.39. The van der Waals surface area contributed by atoms with Gasteiger partial charge in [-0.25, -0.2) is 0 Å². The van der Waals surface area contributed by atoms with E-state index in [9.17, 15) is 9.59 Å². The third-order valence-electron chi connectivity index (χ3n) is 0.512. The first kappa shape index (κ1) is 13.3. The predicted molar refractivity (Wildman–Crippen MR) is 45.4 cm³/mol. The van der Waals surface area contributed by atoms with Crippen molar-refractivity contribution in [2.24, 2.45) is 22.9 Å². The molecule has 0 aromatic heterocycles. The minimum Gasteiger partial charge on any atom is -0.370 e. The molecular formula is C4H11N7O2. The van der Waals surface area contributed by atoms with Crippen molar-refractivity contribution in [3.63, 3.8) is 0 Å². The molecular weight excluding hydrogens is 178 g/mol. The number of primary amides is 2. The molecule has 9 nitrogen and oxygen atoms in total. The van der Waals surface area contributed by atoms with Crippen LogP contribution in [-0.2, 0) is 9.59 Å². The van der Waals surface area contributed by atoms with Gasteiger partial charge >= 0.3 is 11.8 Å². The van der Waals surface area contributed by atoms with Crippen LogP contribution < -0.4 is 28.3 Å². The Hall–Kier alpha value is -2.32. The number of hydrogen-bond donors (Lipinski definition) is 7. The van der Waals surface area contributed by atoms with Crippen LogP contribution in [0.25, 0.3) is 0 Å². The molecule has 0 saturated heterocycles. The SMILES string of the molecule is N=C(N)NC(=N)N.NC(=O)C(N)=O. The third-order valence-corrected chi connectivity index (χ3v) is 0.512. The van der Waals surface area contributed by atoms with E-state index in [-0.39, 0.29) is 11.9 Å². The molecule has 13 heavy (non-hydrogen) atoms. The molecule has 11 N–H and O–H groups in total. The van der Waals surface area contributed by atoms with E-state index >= 15 is 0 Å². The second-order valence-corrected chi connectivity index (χ2v) is 1.68. The minimum absolute atomic E-state index is 0.312. The molecule has 0 aliphatic carbocycles. The highest BCUT2D eigenvalue weighted by Crippen LogP contribution is 1.45. The lowest BCUT2D eigenvalue weighted by Gasteiger charge is -1.95. The van der Waals surface area contributed by atoms with Gasteiger partial charge in [-0.3, -0.25) is 25.7 Å². The maximum Gasteiger partial charge on any atom is 0.306 e. The van der Waals surface area contributed by atoms with Gasteiger partial charge in [-0.1, -0.05) is 0 Å². The normalized spacial score (nSPS) is 7.38. The Kier molecular flexibility index (Phi) is 6.53. The Morgan fingerprint density at radius 1 is 0.846 bits per heavy atom. The van der Waals surface area contributed by atoms with Gasteiger partial charge < -0.3 is 22.9 Å². The maximum absolute atomic E-state index is 9.45. The minimum atomic E-state index is -1.10. The van der Waals surface area contributed by atoms with E-state index in [0.717, 1.165) is 0 Å². The summed E-state index contributed by atoms with van der Waals surface area (Å²) in [7, 11) is 0. The number of carbonyl (C=O) groups excluding carboxylic acids is 2. The summed E-state index contributed by atoms with van der Waals surface area (Å²) in [6.07, 6.45) is 0. The van der Waals surface area contributed by atoms with Crippen LogP contribution in [0.5, 0.6) is 0 Å². The number of carbonyl (C=O) groups is 2. The number of nitrogens with two attached hydrogens (primary N) is 4. The second kappa shape index (κ2) is 6.39. The molecule has 0 rings (SSSR count). The fourth-order valence-corrected chi connectivity index (χ4v) is 0.145. The van der Waals surface area contributed by atoms with Crippen molar-refractivity contribution >= 4 is 23.7 Å². The van der Waals surface area contributed by atoms with E-state index in [2.05, 4.69) is 11.5 Å². The van der Waals surface area contributed by atoms with Gasteiger partial charge in [0.1, 0.15) is 0 Å². The Labute approximate surface area is 73.4 Å². The lowest BCUT2D eigenvalue weighted by molar-refractivity contribution is -0.135.